The Balaban J connectivity index is 1.92. The zero-order valence-corrected chi connectivity index (χ0v) is 17.5. The molecule has 0 bridgehead atoms. The summed E-state index contributed by atoms with van der Waals surface area (Å²) in [5.74, 6) is -3.13. The molecular formula is C16H29FO4Si2. The van der Waals surface area contributed by atoms with Crippen LogP contribution in [0, 0.1) is 0 Å². The summed E-state index contributed by atoms with van der Waals surface area (Å²) in [4.78, 5) is 0. The molecule has 1 saturated carbocycles. The highest BCUT2D eigenvalue weighted by Crippen LogP contribution is 2.69. The first-order valence-corrected chi connectivity index (χ1v) is 14.6. The minimum Gasteiger partial charge on any atom is -0.489 e. The quantitative estimate of drug-likeness (QED) is 0.553. The minimum absolute atomic E-state index is 0.0362. The molecular weight excluding hydrogens is 331 g/mol. The van der Waals surface area contributed by atoms with Gasteiger partial charge in [0, 0.05) is 6.42 Å². The maximum Gasteiger partial charge on any atom is 0.272 e. The van der Waals surface area contributed by atoms with Crippen molar-refractivity contribution in [1.82, 2.24) is 0 Å². The maximum absolute atomic E-state index is 15.3. The summed E-state index contributed by atoms with van der Waals surface area (Å²) in [5.41, 5.74) is -0.764. The molecule has 0 aromatic rings. The van der Waals surface area contributed by atoms with Crippen molar-refractivity contribution in [1.29, 1.82) is 0 Å². The summed E-state index contributed by atoms with van der Waals surface area (Å²) in [6.07, 6.45) is 3.03. The highest BCUT2D eigenvalue weighted by molar-refractivity contribution is 6.74. The third-order valence-electron chi connectivity index (χ3n) is 5.36. The van der Waals surface area contributed by atoms with Crippen LogP contribution < -0.4 is 0 Å². The Morgan fingerprint density at radius 3 is 2.26 bits per heavy atom. The van der Waals surface area contributed by atoms with Gasteiger partial charge in [0.1, 0.15) is 5.60 Å². The van der Waals surface area contributed by atoms with Gasteiger partial charge in [-0.1, -0.05) is 20.8 Å². The van der Waals surface area contributed by atoms with Gasteiger partial charge in [0.2, 0.25) is 0 Å². The van der Waals surface area contributed by atoms with Gasteiger partial charge in [0.25, 0.3) is 11.6 Å². The second kappa shape index (κ2) is 4.49. The number of halogens is 1. The third-order valence-corrected chi connectivity index (χ3v) is 10.8. The zero-order valence-electron chi connectivity index (χ0n) is 15.5. The van der Waals surface area contributed by atoms with Gasteiger partial charge >= 0.3 is 0 Å². The molecule has 3 aliphatic rings. The van der Waals surface area contributed by atoms with Gasteiger partial charge in [-0.05, 0) is 43.8 Å². The van der Waals surface area contributed by atoms with Crippen molar-refractivity contribution in [3.8, 4) is 0 Å². The summed E-state index contributed by atoms with van der Waals surface area (Å²) in [6, 6.07) is 0. The molecule has 1 aliphatic carbocycles. The van der Waals surface area contributed by atoms with Crippen LogP contribution in [-0.2, 0) is 18.3 Å². The van der Waals surface area contributed by atoms with E-state index in [0.29, 0.717) is 0 Å². The minimum atomic E-state index is -2.22. The van der Waals surface area contributed by atoms with Gasteiger partial charge < -0.3 is 18.3 Å². The lowest BCUT2D eigenvalue weighted by molar-refractivity contribution is -0.120. The van der Waals surface area contributed by atoms with Gasteiger partial charge in [-0.15, -0.1) is 0 Å². The number of rotatable bonds is 4. The van der Waals surface area contributed by atoms with E-state index in [-0.39, 0.29) is 11.5 Å². The summed E-state index contributed by atoms with van der Waals surface area (Å²) < 4.78 is 39.3. The van der Waals surface area contributed by atoms with Crippen LogP contribution in [0.2, 0.25) is 37.8 Å². The smallest absolute Gasteiger partial charge is 0.272 e. The summed E-state index contributed by atoms with van der Waals surface area (Å²) in [6.45, 7) is 16.9. The fourth-order valence-corrected chi connectivity index (χ4v) is 6.11. The normalized spacial score (nSPS) is 42.4. The van der Waals surface area contributed by atoms with Crippen LogP contribution in [0.25, 0.3) is 0 Å². The van der Waals surface area contributed by atoms with Crippen molar-refractivity contribution >= 4 is 16.6 Å². The summed E-state index contributed by atoms with van der Waals surface area (Å²) >= 11 is 0. The predicted molar refractivity (Wildman–Crippen MR) is 91.7 cm³/mol. The molecule has 23 heavy (non-hydrogen) atoms. The molecule has 0 aromatic heterocycles. The number of fused-ring (bicyclic) bond motifs is 3. The molecule has 132 valence electrons. The molecule has 0 radical (unpaired) electrons. The highest BCUT2D eigenvalue weighted by Gasteiger charge is 2.90. The molecule has 7 heteroatoms. The fourth-order valence-electron chi connectivity index (χ4n) is 3.35. The lowest BCUT2D eigenvalue weighted by atomic mass is 10.0. The lowest BCUT2D eigenvalue weighted by Crippen LogP contribution is -2.55. The molecule has 0 amide bonds. The number of hydrogen-bond acceptors (Lipinski definition) is 4. The van der Waals surface area contributed by atoms with E-state index in [9.17, 15) is 0 Å². The monoisotopic (exact) mass is 360 g/mol. The molecule has 0 N–H and O–H groups in total. The Morgan fingerprint density at radius 2 is 1.74 bits per heavy atom. The molecule has 2 heterocycles. The number of alkyl halides is 1. The number of ether oxygens (including phenoxy) is 2. The molecule has 3 rings (SSSR count). The van der Waals surface area contributed by atoms with Crippen molar-refractivity contribution in [2.24, 2.45) is 0 Å². The van der Waals surface area contributed by atoms with Gasteiger partial charge in [-0.25, -0.2) is 4.39 Å². The number of epoxide rings is 1. The topological polar surface area (TPSA) is 40.2 Å². The van der Waals surface area contributed by atoms with Gasteiger partial charge in [-0.2, -0.15) is 0 Å². The van der Waals surface area contributed by atoms with E-state index in [1.165, 1.54) is 0 Å². The second-order valence-electron chi connectivity index (χ2n) is 9.53. The Labute approximate surface area is 140 Å². The Bertz CT molecular complexity index is 553. The number of hydrogen-bond donors (Lipinski definition) is 0. The largest absolute Gasteiger partial charge is 0.489 e. The van der Waals surface area contributed by atoms with E-state index in [0.717, 1.165) is 0 Å². The Hall–Kier alpha value is -0.216. The van der Waals surface area contributed by atoms with Gasteiger partial charge in [-0.3, -0.25) is 0 Å². The van der Waals surface area contributed by atoms with Crippen molar-refractivity contribution < 1.29 is 22.7 Å². The van der Waals surface area contributed by atoms with E-state index in [2.05, 4.69) is 53.5 Å². The van der Waals surface area contributed by atoms with E-state index >= 15 is 4.39 Å². The molecule has 4 nitrogen and oxygen atoms in total. The second-order valence-corrected chi connectivity index (χ2v) is 18.7. The third kappa shape index (κ3) is 2.47. The van der Waals surface area contributed by atoms with E-state index in [4.69, 9.17) is 18.3 Å². The first kappa shape index (κ1) is 17.6. The van der Waals surface area contributed by atoms with Crippen LogP contribution in [0.5, 0.6) is 0 Å². The average Bonchev–Trinajstić information content (AvgIpc) is 2.60. The summed E-state index contributed by atoms with van der Waals surface area (Å²) in [5, 5.41) is -0.0362. The van der Waals surface area contributed by atoms with Crippen molar-refractivity contribution in [2.75, 3.05) is 0 Å². The molecule has 0 unspecified atom stereocenters. The van der Waals surface area contributed by atoms with Crippen LogP contribution in [0.15, 0.2) is 12.3 Å². The zero-order chi connectivity index (χ0) is 17.5. The molecule has 2 fully saturated rings. The molecule has 2 aliphatic heterocycles. The van der Waals surface area contributed by atoms with Gasteiger partial charge in [0.05, 0.1) is 6.26 Å². The van der Waals surface area contributed by atoms with Crippen molar-refractivity contribution in [2.45, 2.75) is 88.3 Å². The van der Waals surface area contributed by atoms with Crippen molar-refractivity contribution in [3.05, 3.63) is 12.3 Å². The Kier molecular flexibility index (Phi) is 3.44. The summed E-state index contributed by atoms with van der Waals surface area (Å²) in [7, 11) is -4.10. The van der Waals surface area contributed by atoms with E-state index < -0.39 is 40.0 Å². The van der Waals surface area contributed by atoms with Crippen molar-refractivity contribution in [3.63, 3.8) is 0 Å². The van der Waals surface area contributed by atoms with Crippen LogP contribution in [-0.4, -0.2) is 40.0 Å². The molecule has 0 aromatic carbocycles. The first-order valence-electron chi connectivity index (χ1n) is 8.29. The molecule has 0 spiro atoms. The molecule has 1 saturated heterocycles. The maximum atomic E-state index is 15.3. The van der Waals surface area contributed by atoms with Crippen LogP contribution >= 0.6 is 0 Å². The highest BCUT2D eigenvalue weighted by atomic mass is 28.4. The average molecular weight is 361 g/mol. The molecule has 4 atom stereocenters. The first-order chi connectivity index (χ1) is 10.2. The van der Waals surface area contributed by atoms with E-state index in [1.54, 1.807) is 6.26 Å². The van der Waals surface area contributed by atoms with E-state index in [1.807, 2.05) is 6.08 Å². The standard InChI is InChI=1S/C16H29FO4Si2/c1-13(2,3)23(7,8)21-16-12-14(9-10-18-12,20-22(4,5)6)11-15(16,17)19-16/h9-10,12H,11H2,1-8H3/t12-,14+,15-,16-/m0/s1. The fraction of sp³-hybridized carbons (Fsp3) is 0.875. The Morgan fingerprint density at radius 1 is 1.13 bits per heavy atom. The SMILES string of the molecule is CC(C)(C)[Si](C)(C)O[C@]12O[C@@]1(F)C[C@]1(O[Si](C)(C)C)C=CO[C@H]21. The predicted octanol–water partition coefficient (Wildman–Crippen LogP) is 4.31. The lowest BCUT2D eigenvalue weighted by Gasteiger charge is -2.41. The van der Waals surface area contributed by atoms with Crippen LogP contribution in [0.4, 0.5) is 4.39 Å². The van der Waals surface area contributed by atoms with Crippen LogP contribution in [0.3, 0.4) is 0 Å². The van der Waals surface area contributed by atoms with Gasteiger partial charge in [0.15, 0.2) is 22.7 Å². The van der Waals surface area contributed by atoms with Crippen LogP contribution in [0.1, 0.15) is 27.2 Å².